The van der Waals surface area contributed by atoms with Crippen LogP contribution in [0.5, 0.6) is 0 Å². The molecule has 0 bridgehead atoms. The van der Waals surface area contributed by atoms with E-state index >= 15 is 0 Å². The Hall–Kier alpha value is -2.87. The van der Waals surface area contributed by atoms with Gasteiger partial charge in [-0.05, 0) is 43.9 Å². The van der Waals surface area contributed by atoms with Crippen LogP contribution in [0.25, 0.3) is 0 Å². The van der Waals surface area contributed by atoms with Crippen molar-refractivity contribution < 1.29 is 9.59 Å². The van der Waals surface area contributed by atoms with E-state index < -0.39 is 5.92 Å². The predicted octanol–water partition coefficient (Wildman–Crippen LogP) is 3.08. The summed E-state index contributed by atoms with van der Waals surface area (Å²) in [5, 5.41) is 6.12. The Balaban J connectivity index is 1.63. The number of anilines is 4. The van der Waals surface area contributed by atoms with Crippen LogP contribution in [0.1, 0.15) is 42.7 Å². The van der Waals surface area contributed by atoms with Gasteiger partial charge in [0.05, 0.1) is 11.5 Å². The number of aryl methyl sites for hydroxylation is 1. The first-order valence-corrected chi connectivity index (χ1v) is 10.1. The quantitative estimate of drug-likeness (QED) is 0.711. The van der Waals surface area contributed by atoms with Gasteiger partial charge in [-0.2, -0.15) is 9.97 Å². The Morgan fingerprint density at radius 1 is 1.28 bits per heavy atom. The lowest BCUT2D eigenvalue weighted by Crippen LogP contribution is -2.35. The molecule has 1 fully saturated rings. The van der Waals surface area contributed by atoms with Crippen molar-refractivity contribution in [3.05, 3.63) is 34.3 Å². The minimum Gasteiger partial charge on any atom is -0.383 e. The second-order valence-electron chi connectivity index (χ2n) is 7.48. The predicted molar refractivity (Wildman–Crippen MR) is 113 cm³/mol. The highest BCUT2D eigenvalue weighted by molar-refractivity contribution is 6.31. The Morgan fingerprint density at radius 3 is 2.76 bits per heavy atom. The van der Waals surface area contributed by atoms with Gasteiger partial charge in [0.2, 0.25) is 17.8 Å². The average Bonchev–Trinajstić information content (AvgIpc) is 2.70. The average molecular weight is 415 g/mol. The van der Waals surface area contributed by atoms with E-state index in [0.717, 1.165) is 31.5 Å². The maximum atomic E-state index is 13.0. The van der Waals surface area contributed by atoms with Crippen LogP contribution in [0, 0.1) is 6.92 Å². The maximum absolute atomic E-state index is 13.0. The molecule has 2 aromatic rings. The summed E-state index contributed by atoms with van der Waals surface area (Å²) in [4.78, 5) is 36.2. The second-order valence-corrected chi connectivity index (χ2v) is 7.88. The Kier molecular flexibility index (Phi) is 5.27. The van der Waals surface area contributed by atoms with E-state index in [1.54, 1.807) is 12.1 Å². The largest absolute Gasteiger partial charge is 0.383 e. The van der Waals surface area contributed by atoms with Gasteiger partial charge in [-0.1, -0.05) is 17.7 Å². The smallest absolute Gasteiger partial charge is 0.232 e. The van der Waals surface area contributed by atoms with Crippen LogP contribution in [-0.2, 0) is 9.59 Å². The third kappa shape index (κ3) is 3.98. The number of benzene rings is 1. The van der Waals surface area contributed by atoms with Crippen LogP contribution in [0.2, 0.25) is 5.02 Å². The zero-order valence-corrected chi connectivity index (χ0v) is 16.9. The molecule has 8 nitrogen and oxygen atoms in total. The topological polar surface area (TPSA) is 113 Å². The van der Waals surface area contributed by atoms with Crippen molar-refractivity contribution in [3.8, 4) is 0 Å². The monoisotopic (exact) mass is 414 g/mol. The number of nitrogen functional groups attached to an aromatic ring is 1. The SMILES string of the molecule is Cc1ccc(NC(=O)[C@@H]2CC(=O)Nc3nc(N4CCCCC4)nc(N)c32)cc1Cl. The van der Waals surface area contributed by atoms with Gasteiger partial charge in [0.25, 0.3) is 0 Å². The van der Waals surface area contributed by atoms with Gasteiger partial charge in [-0.15, -0.1) is 0 Å². The second kappa shape index (κ2) is 7.87. The third-order valence-electron chi connectivity index (χ3n) is 5.35. The molecule has 2 aliphatic rings. The summed E-state index contributed by atoms with van der Waals surface area (Å²) < 4.78 is 0. The number of rotatable bonds is 3. The number of hydrogen-bond donors (Lipinski definition) is 3. The van der Waals surface area contributed by atoms with Crippen LogP contribution in [0.3, 0.4) is 0 Å². The summed E-state index contributed by atoms with van der Waals surface area (Å²) in [7, 11) is 0. The number of hydrogen-bond acceptors (Lipinski definition) is 6. The number of nitrogens with zero attached hydrogens (tertiary/aromatic N) is 3. The summed E-state index contributed by atoms with van der Waals surface area (Å²) >= 11 is 6.14. The molecule has 1 aromatic carbocycles. The molecule has 0 saturated carbocycles. The minimum atomic E-state index is -0.769. The van der Waals surface area contributed by atoms with Crippen molar-refractivity contribution in [3.63, 3.8) is 0 Å². The summed E-state index contributed by atoms with van der Waals surface area (Å²) in [6, 6.07) is 5.27. The van der Waals surface area contributed by atoms with Gasteiger partial charge in [0, 0.05) is 30.2 Å². The number of amides is 2. The normalized spacial score (nSPS) is 18.8. The van der Waals surface area contributed by atoms with Crippen molar-refractivity contribution >= 4 is 46.7 Å². The number of piperidine rings is 1. The molecule has 1 aromatic heterocycles. The number of aromatic nitrogens is 2. The first-order valence-electron chi connectivity index (χ1n) is 9.71. The van der Waals surface area contributed by atoms with Gasteiger partial charge < -0.3 is 21.3 Å². The Morgan fingerprint density at radius 2 is 2.03 bits per heavy atom. The fourth-order valence-electron chi connectivity index (χ4n) is 3.74. The summed E-state index contributed by atoms with van der Waals surface area (Å²) in [6.07, 6.45) is 3.29. The first-order chi connectivity index (χ1) is 13.9. The maximum Gasteiger partial charge on any atom is 0.232 e. The van der Waals surface area contributed by atoms with Gasteiger partial charge >= 0.3 is 0 Å². The fraction of sp³-hybridized carbons (Fsp3) is 0.400. The number of halogens is 1. The molecule has 4 N–H and O–H groups in total. The molecule has 0 spiro atoms. The molecule has 3 heterocycles. The Labute approximate surface area is 173 Å². The van der Waals surface area contributed by atoms with E-state index in [2.05, 4.69) is 25.5 Å². The van der Waals surface area contributed by atoms with E-state index in [4.69, 9.17) is 17.3 Å². The van der Waals surface area contributed by atoms with Crippen LogP contribution in [0.15, 0.2) is 18.2 Å². The van der Waals surface area contributed by atoms with Crippen molar-refractivity contribution in [1.29, 1.82) is 0 Å². The highest BCUT2D eigenvalue weighted by atomic mass is 35.5. The molecule has 29 heavy (non-hydrogen) atoms. The summed E-state index contributed by atoms with van der Waals surface area (Å²) in [6.45, 7) is 3.59. The number of fused-ring (bicyclic) bond motifs is 1. The molecule has 2 aliphatic heterocycles. The number of carbonyl (C=O) groups excluding carboxylic acids is 2. The molecule has 0 aliphatic carbocycles. The van der Waals surface area contributed by atoms with Crippen LogP contribution >= 0.6 is 11.6 Å². The van der Waals surface area contributed by atoms with E-state index in [1.165, 1.54) is 6.42 Å². The lowest BCUT2D eigenvalue weighted by Gasteiger charge is -2.30. The molecule has 4 rings (SSSR count). The third-order valence-corrected chi connectivity index (χ3v) is 5.76. The number of nitrogens with one attached hydrogen (secondary N) is 2. The highest BCUT2D eigenvalue weighted by Gasteiger charge is 2.35. The molecule has 9 heteroatoms. The first kappa shape index (κ1) is 19.4. The van der Waals surface area contributed by atoms with Crippen molar-refractivity contribution in [2.24, 2.45) is 0 Å². The fourth-order valence-corrected chi connectivity index (χ4v) is 3.92. The number of nitrogens with two attached hydrogens (primary N) is 1. The molecule has 152 valence electrons. The van der Waals surface area contributed by atoms with Crippen molar-refractivity contribution in [2.75, 3.05) is 34.4 Å². The van der Waals surface area contributed by atoms with Crippen molar-refractivity contribution in [2.45, 2.75) is 38.5 Å². The highest BCUT2D eigenvalue weighted by Crippen LogP contribution is 2.37. The summed E-state index contributed by atoms with van der Waals surface area (Å²) in [5.74, 6) is -0.361. The van der Waals surface area contributed by atoms with Gasteiger partial charge in [-0.3, -0.25) is 9.59 Å². The lowest BCUT2D eigenvalue weighted by molar-refractivity contribution is -0.123. The minimum absolute atomic E-state index is 0.0188. The summed E-state index contributed by atoms with van der Waals surface area (Å²) in [5.41, 5.74) is 8.16. The molecular weight excluding hydrogens is 392 g/mol. The van der Waals surface area contributed by atoms with Crippen molar-refractivity contribution in [1.82, 2.24) is 9.97 Å². The standard InChI is InChI=1S/C20H23ClN6O2/c1-11-5-6-12(9-14(11)21)23-19(29)13-10-15(28)24-18-16(13)17(22)25-20(26-18)27-7-3-2-4-8-27/h5-6,9,13H,2-4,7-8,10H2,1H3,(H,23,29)(H3,22,24,25,26,28)/t13-/m1/s1. The molecule has 1 atom stereocenters. The van der Waals surface area contributed by atoms with Gasteiger partial charge in [0.15, 0.2) is 0 Å². The zero-order valence-electron chi connectivity index (χ0n) is 16.2. The molecular formula is C20H23ClN6O2. The van der Waals surface area contributed by atoms with E-state index in [-0.39, 0.29) is 24.1 Å². The molecule has 1 saturated heterocycles. The molecule has 2 amide bonds. The van der Waals surface area contributed by atoms with Crippen LogP contribution < -0.4 is 21.3 Å². The van der Waals surface area contributed by atoms with Crippen LogP contribution in [-0.4, -0.2) is 34.9 Å². The van der Waals surface area contributed by atoms with E-state index in [1.807, 2.05) is 13.0 Å². The molecule has 0 unspecified atom stereocenters. The zero-order chi connectivity index (χ0) is 20.5. The molecule has 0 radical (unpaired) electrons. The van der Waals surface area contributed by atoms with E-state index in [9.17, 15) is 9.59 Å². The van der Waals surface area contributed by atoms with E-state index in [0.29, 0.717) is 28.0 Å². The van der Waals surface area contributed by atoms with Crippen LogP contribution in [0.4, 0.5) is 23.3 Å². The number of carbonyl (C=O) groups is 2. The lowest BCUT2D eigenvalue weighted by atomic mass is 9.91. The van der Waals surface area contributed by atoms with Gasteiger partial charge in [-0.25, -0.2) is 0 Å². The van der Waals surface area contributed by atoms with Gasteiger partial charge in [0.1, 0.15) is 11.6 Å². The Bertz CT molecular complexity index is 974.